The van der Waals surface area contributed by atoms with Gasteiger partial charge in [0.15, 0.2) is 5.82 Å². The largest absolute Gasteiger partial charge is 0.478 e. The SMILES string of the molecule is CCOc1[nH]c(/N=C/c2ccco2)c(C#N)c1C#N. The van der Waals surface area contributed by atoms with Crippen molar-refractivity contribution in [1.29, 1.82) is 10.5 Å². The van der Waals surface area contributed by atoms with Gasteiger partial charge in [0.05, 0.1) is 19.1 Å². The van der Waals surface area contributed by atoms with E-state index in [1.54, 1.807) is 19.1 Å². The second-order valence-corrected chi connectivity index (χ2v) is 3.48. The number of ether oxygens (including phenoxy) is 1. The molecule has 0 aliphatic heterocycles. The minimum atomic E-state index is 0.161. The van der Waals surface area contributed by atoms with Gasteiger partial charge in [-0.1, -0.05) is 0 Å². The van der Waals surface area contributed by atoms with E-state index < -0.39 is 0 Å². The van der Waals surface area contributed by atoms with Crippen molar-refractivity contribution in [3.05, 3.63) is 35.3 Å². The summed E-state index contributed by atoms with van der Waals surface area (Å²) in [6.45, 7) is 2.18. The molecule has 0 bridgehead atoms. The summed E-state index contributed by atoms with van der Waals surface area (Å²) in [5.41, 5.74) is 0.324. The van der Waals surface area contributed by atoms with E-state index in [0.717, 1.165) is 0 Å². The summed E-state index contributed by atoms with van der Waals surface area (Å²) in [6.07, 6.45) is 2.98. The Bertz CT molecular complexity index is 669. The maximum Gasteiger partial charge on any atom is 0.212 e. The van der Waals surface area contributed by atoms with Gasteiger partial charge in [-0.3, -0.25) is 0 Å². The van der Waals surface area contributed by atoms with Crippen LogP contribution in [0.5, 0.6) is 5.88 Å². The third kappa shape index (κ3) is 2.48. The molecule has 0 aliphatic rings. The zero-order valence-electron chi connectivity index (χ0n) is 10.2. The van der Waals surface area contributed by atoms with Gasteiger partial charge in [-0.2, -0.15) is 10.5 Å². The van der Waals surface area contributed by atoms with Crippen molar-refractivity contribution in [3.63, 3.8) is 0 Å². The van der Waals surface area contributed by atoms with E-state index in [1.807, 2.05) is 12.1 Å². The van der Waals surface area contributed by atoms with Crippen molar-refractivity contribution < 1.29 is 9.15 Å². The first-order valence-electron chi connectivity index (χ1n) is 5.56. The van der Waals surface area contributed by atoms with Gasteiger partial charge in [0.1, 0.15) is 29.0 Å². The van der Waals surface area contributed by atoms with Gasteiger partial charge in [-0.25, -0.2) is 4.99 Å². The van der Waals surface area contributed by atoms with E-state index in [9.17, 15) is 0 Å². The van der Waals surface area contributed by atoms with Crippen LogP contribution in [0.1, 0.15) is 23.8 Å². The normalized spacial score (nSPS) is 10.3. The average molecular weight is 254 g/mol. The number of nitrogens with zero attached hydrogens (tertiary/aromatic N) is 3. The Kier molecular flexibility index (Phi) is 3.65. The van der Waals surface area contributed by atoms with Crippen LogP contribution in [0.4, 0.5) is 5.82 Å². The third-order valence-electron chi connectivity index (χ3n) is 2.32. The number of rotatable bonds is 4. The summed E-state index contributed by atoms with van der Waals surface area (Å²) < 4.78 is 10.4. The molecule has 19 heavy (non-hydrogen) atoms. The lowest BCUT2D eigenvalue weighted by Crippen LogP contribution is -1.93. The van der Waals surface area contributed by atoms with Crippen molar-refractivity contribution in [2.45, 2.75) is 6.92 Å². The van der Waals surface area contributed by atoms with E-state index in [1.165, 1.54) is 12.5 Å². The number of aromatic amines is 1. The van der Waals surface area contributed by atoms with Gasteiger partial charge in [0.25, 0.3) is 0 Å². The van der Waals surface area contributed by atoms with E-state index in [-0.39, 0.29) is 22.8 Å². The maximum atomic E-state index is 9.10. The molecule has 2 heterocycles. The highest BCUT2D eigenvalue weighted by Crippen LogP contribution is 2.29. The maximum absolute atomic E-state index is 9.10. The van der Waals surface area contributed by atoms with Gasteiger partial charge >= 0.3 is 0 Å². The Morgan fingerprint density at radius 3 is 2.79 bits per heavy atom. The number of H-pyrrole nitrogens is 1. The quantitative estimate of drug-likeness (QED) is 0.847. The molecule has 0 saturated heterocycles. The molecule has 0 amide bonds. The molecular weight excluding hydrogens is 244 g/mol. The smallest absolute Gasteiger partial charge is 0.212 e. The lowest BCUT2D eigenvalue weighted by molar-refractivity contribution is 0.328. The van der Waals surface area contributed by atoms with Gasteiger partial charge in [0, 0.05) is 0 Å². The standard InChI is InChI=1S/C13H10N4O2/c1-2-18-13-11(7-15)10(6-14)12(17-13)16-8-9-4-3-5-19-9/h3-5,8,17H,2H2,1H3/b16-8+. The van der Waals surface area contributed by atoms with Crippen molar-refractivity contribution in [1.82, 2.24) is 4.98 Å². The molecule has 1 N–H and O–H groups in total. The summed E-state index contributed by atoms with van der Waals surface area (Å²) in [5.74, 6) is 1.09. The average Bonchev–Trinajstić information content (AvgIpc) is 3.03. The zero-order chi connectivity index (χ0) is 13.7. The molecule has 6 nitrogen and oxygen atoms in total. The van der Waals surface area contributed by atoms with E-state index in [4.69, 9.17) is 19.7 Å². The molecule has 0 fully saturated rings. The van der Waals surface area contributed by atoms with Crippen LogP contribution >= 0.6 is 0 Å². The Morgan fingerprint density at radius 2 is 2.21 bits per heavy atom. The first-order valence-corrected chi connectivity index (χ1v) is 5.56. The summed E-state index contributed by atoms with van der Waals surface area (Å²) in [7, 11) is 0. The van der Waals surface area contributed by atoms with E-state index in [2.05, 4.69) is 9.98 Å². The van der Waals surface area contributed by atoms with Crippen LogP contribution in [0.25, 0.3) is 0 Å². The molecule has 0 saturated carbocycles. The van der Waals surface area contributed by atoms with Gasteiger partial charge in [-0.05, 0) is 19.1 Å². The minimum Gasteiger partial charge on any atom is -0.478 e. The topological polar surface area (TPSA) is 98.1 Å². The lowest BCUT2D eigenvalue weighted by atomic mass is 10.2. The monoisotopic (exact) mass is 254 g/mol. The first kappa shape index (κ1) is 12.5. The number of nitrogens with one attached hydrogen (secondary N) is 1. The highest BCUT2D eigenvalue weighted by Gasteiger charge is 2.17. The summed E-state index contributed by atoms with van der Waals surface area (Å²) in [4.78, 5) is 6.91. The number of aromatic nitrogens is 1. The van der Waals surface area contributed by atoms with Crippen LogP contribution in [0, 0.1) is 22.7 Å². The van der Waals surface area contributed by atoms with Gasteiger partial charge < -0.3 is 14.1 Å². The van der Waals surface area contributed by atoms with Crippen LogP contribution in [-0.4, -0.2) is 17.8 Å². The second-order valence-electron chi connectivity index (χ2n) is 3.48. The molecule has 2 aromatic rings. The lowest BCUT2D eigenvalue weighted by Gasteiger charge is -1.97. The highest BCUT2D eigenvalue weighted by atomic mass is 16.5. The van der Waals surface area contributed by atoms with Gasteiger partial charge in [-0.15, -0.1) is 0 Å². The Hall–Kier alpha value is -2.99. The van der Waals surface area contributed by atoms with Crippen molar-refractivity contribution in [3.8, 4) is 18.0 Å². The number of hydrogen-bond acceptors (Lipinski definition) is 5. The molecule has 0 aromatic carbocycles. The second kappa shape index (κ2) is 5.56. The predicted octanol–water partition coefficient (Wildman–Crippen LogP) is 2.50. The summed E-state index contributed by atoms with van der Waals surface area (Å²) in [6, 6.07) is 7.34. The molecule has 0 radical (unpaired) electrons. The van der Waals surface area contributed by atoms with Crippen LogP contribution in [0.3, 0.4) is 0 Å². The molecule has 6 heteroatoms. The number of nitriles is 2. The van der Waals surface area contributed by atoms with Crippen LogP contribution in [0.15, 0.2) is 27.8 Å². The van der Waals surface area contributed by atoms with Crippen molar-refractivity contribution in [2.24, 2.45) is 4.99 Å². The predicted molar refractivity (Wildman–Crippen MR) is 67.4 cm³/mol. The Labute approximate surface area is 109 Å². The van der Waals surface area contributed by atoms with E-state index >= 15 is 0 Å². The first-order chi connectivity index (χ1) is 9.30. The molecule has 0 atom stereocenters. The van der Waals surface area contributed by atoms with Crippen molar-refractivity contribution in [2.75, 3.05) is 6.61 Å². The van der Waals surface area contributed by atoms with Crippen LogP contribution in [0.2, 0.25) is 0 Å². The fourth-order valence-electron chi connectivity index (χ4n) is 1.52. The van der Waals surface area contributed by atoms with Crippen LogP contribution < -0.4 is 4.74 Å². The number of furan rings is 1. The molecule has 0 unspecified atom stereocenters. The molecule has 0 aliphatic carbocycles. The highest BCUT2D eigenvalue weighted by molar-refractivity contribution is 5.79. The molecule has 2 rings (SSSR count). The molecule has 0 spiro atoms. The minimum absolute atomic E-state index is 0.161. The van der Waals surface area contributed by atoms with E-state index in [0.29, 0.717) is 12.4 Å². The zero-order valence-corrected chi connectivity index (χ0v) is 10.2. The Morgan fingerprint density at radius 1 is 1.42 bits per heavy atom. The van der Waals surface area contributed by atoms with Crippen molar-refractivity contribution >= 4 is 12.0 Å². The fraction of sp³-hybridized carbons (Fsp3) is 0.154. The summed E-state index contributed by atoms with van der Waals surface area (Å²) >= 11 is 0. The fourth-order valence-corrected chi connectivity index (χ4v) is 1.52. The third-order valence-corrected chi connectivity index (χ3v) is 2.32. The Balaban J connectivity index is 2.41. The molecular formula is C13H10N4O2. The summed E-state index contributed by atoms with van der Waals surface area (Å²) in [5, 5.41) is 18.1. The molecule has 94 valence electrons. The van der Waals surface area contributed by atoms with Gasteiger partial charge in [0.2, 0.25) is 5.88 Å². The van der Waals surface area contributed by atoms with Crippen LogP contribution in [-0.2, 0) is 0 Å². The number of hydrogen-bond donors (Lipinski definition) is 1. The molecule has 2 aromatic heterocycles. The number of aliphatic imine (C=N–C) groups is 1.